The van der Waals surface area contributed by atoms with Gasteiger partial charge in [0.25, 0.3) is 0 Å². The Balaban J connectivity index is 3.19. The van der Waals surface area contributed by atoms with Crippen molar-refractivity contribution < 1.29 is 0 Å². The van der Waals surface area contributed by atoms with Gasteiger partial charge in [-0.1, -0.05) is 6.58 Å². The summed E-state index contributed by atoms with van der Waals surface area (Å²) in [4.78, 5) is 8.36. The summed E-state index contributed by atoms with van der Waals surface area (Å²) in [5, 5.41) is 0. The lowest BCUT2D eigenvalue weighted by Gasteiger charge is -1.99. The second-order valence-corrected chi connectivity index (χ2v) is 2.35. The highest BCUT2D eigenvalue weighted by molar-refractivity contribution is 5.57. The maximum Gasteiger partial charge on any atom is 0.0901 e. The Hall–Kier alpha value is -1.64. The third-order valence-electron chi connectivity index (χ3n) is 1.40. The molecule has 0 aliphatic heterocycles. The van der Waals surface area contributed by atoms with Crippen molar-refractivity contribution in [1.82, 2.24) is 9.97 Å². The van der Waals surface area contributed by atoms with Crippen molar-refractivity contribution in [2.75, 3.05) is 0 Å². The molecule has 3 nitrogen and oxygen atoms in total. The highest BCUT2D eigenvalue weighted by Crippen LogP contribution is 2.06. The molecule has 1 aromatic rings. The monoisotopic (exact) mass is 161 g/mol. The van der Waals surface area contributed by atoms with E-state index in [0.717, 1.165) is 17.1 Å². The van der Waals surface area contributed by atoms with Crippen LogP contribution in [-0.4, -0.2) is 9.97 Å². The lowest BCUT2D eigenvalue weighted by molar-refractivity contribution is 1.09. The van der Waals surface area contributed by atoms with Crippen molar-refractivity contribution in [3.63, 3.8) is 0 Å². The number of aryl methyl sites for hydroxylation is 1. The van der Waals surface area contributed by atoms with Gasteiger partial charge in [-0.05, 0) is 25.3 Å². The molecule has 0 saturated carbocycles. The van der Waals surface area contributed by atoms with Crippen LogP contribution in [0.15, 0.2) is 19.0 Å². The van der Waals surface area contributed by atoms with Crippen LogP contribution in [0.25, 0.3) is 12.2 Å². The van der Waals surface area contributed by atoms with Crippen LogP contribution >= 0.6 is 0 Å². The maximum absolute atomic E-state index is 5.24. The van der Waals surface area contributed by atoms with Crippen LogP contribution in [0.2, 0.25) is 0 Å². The molecule has 0 atom stereocenters. The molecule has 0 radical (unpaired) electrons. The average molecular weight is 161 g/mol. The van der Waals surface area contributed by atoms with Gasteiger partial charge in [0.15, 0.2) is 0 Å². The molecule has 0 fully saturated rings. The first-order valence-electron chi connectivity index (χ1n) is 3.62. The second-order valence-electron chi connectivity index (χ2n) is 2.35. The van der Waals surface area contributed by atoms with E-state index in [9.17, 15) is 0 Å². The molecule has 62 valence electrons. The van der Waals surface area contributed by atoms with Crippen molar-refractivity contribution in [2.24, 2.45) is 5.73 Å². The molecule has 0 spiro atoms. The molecule has 0 unspecified atom stereocenters. The van der Waals surface area contributed by atoms with Gasteiger partial charge in [0, 0.05) is 6.20 Å². The molecule has 1 aromatic heterocycles. The van der Waals surface area contributed by atoms with E-state index in [1.165, 1.54) is 6.20 Å². The summed E-state index contributed by atoms with van der Waals surface area (Å²) in [6.45, 7) is 5.52. The van der Waals surface area contributed by atoms with Crippen molar-refractivity contribution in [1.29, 1.82) is 0 Å². The Bertz CT molecular complexity index is 316. The van der Waals surface area contributed by atoms with Gasteiger partial charge >= 0.3 is 0 Å². The zero-order valence-corrected chi connectivity index (χ0v) is 6.99. The summed E-state index contributed by atoms with van der Waals surface area (Å²) in [6.07, 6.45) is 6.49. The predicted molar refractivity (Wildman–Crippen MR) is 50.1 cm³/mol. The highest BCUT2D eigenvalue weighted by atomic mass is 14.8. The van der Waals surface area contributed by atoms with Crippen LogP contribution in [0, 0.1) is 6.92 Å². The van der Waals surface area contributed by atoms with E-state index in [4.69, 9.17) is 5.73 Å². The molecule has 1 rings (SSSR count). The molecule has 2 N–H and O–H groups in total. The average Bonchev–Trinajstić information content (AvgIpc) is 2.08. The number of hydrogen-bond donors (Lipinski definition) is 1. The normalized spacial score (nSPS) is 10.4. The fourth-order valence-corrected chi connectivity index (χ4v) is 0.875. The molecule has 3 heteroatoms. The topological polar surface area (TPSA) is 51.8 Å². The third kappa shape index (κ3) is 1.69. The smallest absolute Gasteiger partial charge is 0.0901 e. The van der Waals surface area contributed by atoms with Crippen LogP contribution in [0.1, 0.15) is 17.1 Å². The van der Waals surface area contributed by atoms with Crippen LogP contribution < -0.4 is 5.73 Å². The lowest BCUT2D eigenvalue weighted by atomic mass is 10.3. The number of nitrogens with zero attached hydrogens (tertiary/aromatic N) is 2. The van der Waals surface area contributed by atoms with E-state index in [2.05, 4.69) is 16.5 Å². The minimum absolute atomic E-state index is 0.748. The van der Waals surface area contributed by atoms with Gasteiger partial charge in [0.2, 0.25) is 0 Å². The van der Waals surface area contributed by atoms with E-state index in [1.807, 2.05) is 6.92 Å². The summed E-state index contributed by atoms with van der Waals surface area (Å²) < 4.78 is 0. The van der Waals surface area contributed by atoms with Gasteiger partial charge in [0.1, 0.15) is 0 Å². The van der Waals surface area contributed by atoms with Gasteiger partial charge in [-0.3, -0.25) is 4.98 Å². The van der Waals surface area contributed by atoms with Crippen LogP contribution in [0.4, 0.5) is 0 Å². The van der Waals surface area contributed by atoms with E-state index in [-0.39, 0.29) is 0 Å². The van der Waals surface area contributed by atoms with Crippen LogP contribution in [0.3, 0.4) is 0 Å². The standard InChI is InChI=1S/C9H11N3/c1-3-8-9(4-5-10)11-6-7(2)12-8/h3-6H,1,10H2,2H3/b5-4-. The summed E-state index contributed by atoms with van der Waals surface area (Å²) in [6, 6.07) is 0. The van der Waals surface area contributed by atoms with Gasteiger partial charge in [-0.15, -0.1) is 0 Å². The first-order valence-corrected chi connectivity index (χ1v) is 3.62. The van der Waals surface area contributed by atoms with Crippen molar-refractivity contribution in [3.8, 4) is 0 Å². The van der Waals surface area contributed by atoms with E-state index < -0.39 is 0 Å². The molecular weight excluding hydrogens is 150 g/mol. The van der Waals surface area contributed by atoms with Gasteiger partial charge in [-0.2, -0.15) is 0 Å². The first kappa shape index (κ1) is 8.46. The van der Waals surface area contributed by atoms with Crippen LogP contribution in [0.5, 0.6) is 0 Å². The Kier molecular flexibility index (Phi) is 2.58. The van der Waals surface area contributed by atoms with Crippen LogP contribution in [-0.2, 0) is 0 Å². The number of hydrogen-bond acceptors (Lipinski definition) is 3. The van der Waals surface area contributed by atoms with Crippen molar-refractivity contribution in [3.05, 3.63) is 36.1 Å². The molecule has 0 aliphatic carbocycles. The zero-order chi connectivity index (χ0) is 8.97. The van der Waals surface area contributed by atoms with Gasteiger partial charge < -0.3 is 5.73 Å². The minimum atomic E-state index is 0.748. The summed E-state index contributed by atoms with van der Waals surface area (Å²) in [5.41, 5.74) is 7.62. The Labute approximate surface area is 71.7 Å². The van der Waals surface area contributed by atoms with Gasteiger partial charge in [0.05, 0.1) is 17.1 Å². The Morgan fingerprint density at radius 2 is 2.25 bits per heavy atom. The molecule has 0 aliphatic rings. The molecule has 0 saturated heterocycles. The largest absolute Gasteiger partial charge is 0.405 e. The third-order valence-corrected chi connectivity index (χ3v) is 1.40. The molecule has 12 heavy (non-hydrogen) atoms. The lowest BCUT2D eigenvalue weighted by Crippen LogP contribution is -1.94. The maximum atomic E-state index is 5.24. The number of aromatic nitrogens is 2. The second kappa shape index (κ2) is 3.67. The summed E-state index contributed by atoms with van der Waals surface area (Å²) in [5.74, 6) is 0. The fourth-order valence-electron chi connectivity index (χ4n) is 0.875. The predicted octanol–water partition coefficient (Wildman–Crippen LogP) is 1.36. The first-order chi connectivity index (χ1) is 5.77. The highest BCUT2D eigenvalue weighted by Gasteiger charge is 1.97. The van der Waals surface area contributed by atoms with E-state index in [0.29, 0.717) is 0 Å². The minimum Gasteiger partial charge on any atom is -0.405 e. The zero-order valence-electron chi connectivity index (χ0n) is 6.99. The van der Waals surface area contributed by atoms with E-state index in [1.54, 1.807) is 18.3 Å². The molecule has 0 bridgehead atoms. The Morgan fingerprint density at radius 1 is 1.50 bits per heavy atom. The summed E-state index contributed by atoms with van der Waals surface area (Å²) in [7, 11) is 0. The molecule has 0 aromatic carbocycles. The number of nitrogens with two attached hydrogens (primary N) is 1. The summed E-state index contributed by atoms with van der Waals surface area (Å²) >= 11 is 0. The van der Waals surface area contributed by atoms with E-state index >= 15 is 0 Å². The van der Waals surface area contributed by atoms with Crippen molar-refractivity contribution >= 4 is 12.2 Å². The quantitative estimate of drug-likeness (QED) is 0.712. The molecule has 0 amide bonds. The van der Waals surface area contributed by atoms with Crippen molar-refractivity contribution in [2.45, 2.75) is 6.92 Å². The molecular formula is C9H11N3. The van der Waals surface area contributed by atoms with Gasteiger partial charge in [-0.25, -0.2) is 4.98 Å². The SMILES string of the molecule is C=Cc1nc(C)cnc1/C=C\N. The fraction of sp³-hybridized carbons (Fsp3) is 0.111. The number of rotatable bonds is 2. The Morgan fingerprint density at radius 3 is 2.83 bits per heavy atom. The molecule has 1 heterocycles.